The highest BCUT2D eigenvalue weighted by molar-refractivity contribution is 7.98. The largest absolute Gasteiger partial charge is 0.349 e. The molecule has 2 heterocycles. The quantitative estimate of drug-likeness (QED) is 0.414. The molecule has 0 fully saturated rings. The third kappa shape index (κ3) is 3.98. The standard InChI is InChI=1S/C20H18ClFN2OS2/c21-16-7-3-8-17(22)15(16)12-27-19-14-6-1-2-9-18(14)24(20(25)23-19)11-13-5-4-10-26-13/h3-5,7-8,10H,1-2,6,9,11-12H2. The van der Waals surface area contributed by atoms with Crippen LogP contribution in [0.1, 0.15) is 34.5 Å². The van der Waals surface area contributed by atoms with Crippen LogP contribution in [0.2, 0.25) is 5.02 Å². The maximum Gasteiger partial charge on any atom is 0.349 e. The Morgan fingerprint density at radius 1 is 1.22 bits per heavy atom. The summed E-state index contributed by atoms with van der Waals surface area (Å²) in [7, 11) is 0. The highest BCUT2D eigenvalue weighted by atomic mass is 35.5. The molecule has 0 aliphatic heterocycles. The number of thiophene rings is 1. The number of hydrogen-bond donors (Lipinski definition) is 0. The SMILES string of the molecule is O=c1nc(SCc2c(F)cccc2Cl)c2c(n1Cc1cccs1)CCCC2. The van der Waals surface area contributed by atoms with Crippen LogP contribution in [0.25, 0.3) is 0 Å². The van der Waals surface area contributed by atoms with Crippen LogP contribution in [0.15, 0.2) is 45.5 Å². The van der Waals surface area contributed by atoms with Gasteiger partial charge < -0.3 is 0 Å². The number of thioether (sulfide) groups is 1. The molecule has 1 aromatic carbocycles. The monoisotopic (exact) mass is 420 g/mol. The first-order valence-electron chi connectivity index (χ1n) is 8.84. The van der Waals surface area contributed by atoms with Gasteiger partial charge in [0, 0.05) is 32.5 Å². The third-order valence-electron chi connectivity index (χ3n) is 4.76. The Balaban J connectivity index is 1.67. The lowest BCUT2D eigenvalue weighted by Gasteiger charge is -2.22. The van der Waals surface area contributed by atoms with E-state index in [0.29, 0.717) is 22.9 Å². The minimum absolute atomic E-state index is 0.230. The molecule has 0 N–H and O–H groups in total. The van der Waals surface area contributed by atoms with Crippen LogP contribution in [0.4, 0.5) is 4.39 Å². The van der Waals surface area contributed by atoms with E-state index in [1.165, 1.54) is 17.8 Å². The molecule has 0 saturated carbocycles. The van der Waals surface area contributed by atoms with Gasteiger partial charge in [-0.1, -0.05) is 23.7 Å². The molecular formula is C20H18ClFN2OS2. The highest BCUT2D eigenvalue weighted by Gasteiger charge is 2.21. The van der Waals surface area contributed by atoms with E-state index in [9.17, 15) is 9.18 Å². The predicted octanol–water partition coefficient (Wildman–Crippen LogP) is 5.32. The summed E-state index contributed by atoms with van der Waals surface area (Å²) >= 11 is 9.18. The van der Waals surface area contributed by atoms with Gasteiger partial charge in [0.05, 0.1) is 6.54 Å². The van der Waals surface area contributed by atoms with Crippen LogP contribution in [-0.2, 0) is 25.1 Å². The topological polar surface area (TPSA) is 34.9 Å². The first-order valence-corrected chi connectivity index (χ1v) is 11.1. The van der Waals surface area contributed by atoms with Crippen LogP contribution < -0.4 is 5.69 Å². The molecule has 0 spiro atoms. The van der Waals surface area contributed by atoms with Crippen molar-refractivity contribution in [3.05, 3.63) is 78.7 Å². The Hall–Kier alpha value is -1.63. The average molecular weight is 421 g/mol. The molecule has 3 nitrogen and oxygen atoms in total. The maximum atomic E-state index is 14.1. The van der Waals surface area contributed by atoms with Gasteiger partial charge in [0.1, 0.15) is 10.8 Å². The van der Waals surface area contributed by atoms with E-state index in [1.54, 1.807) is 28.0 Å². The fourth-order valence-corrected chi connectivity index (χ4v) is 5.51. The second-order valence-electron chi connectivity index (χ2n) is 6.49. The van der Waals surface area contributed by atoms with Gasteiger partial charge in [-0.3, -0.25) is 4.57 Å². The van der Waals surface area contributed by atoms with Gasteiger partial charge in [-0.25, -0.2) is 9.18 Å². The Labute approximate surface area is 170 Å². The summed E-state index contributed by atoms with van der Waals surface area (Å²) in [5.74, 6) is 0.0363. The third-order valence-corrected chi connectivity index (χ3v) is 7.02. The van der Waals surface area contributed by atoms with E-state index < -0.39 is 0 Å². The minimum atomic E-state index is -0.324. The van der Waals surface area contributed by atoms with Crippen LogP contribution in [-0.4, -0.2) is 9.55 Å². The molecule has 27 heavy (non-hydrogen) atoms. The summed E-state index contributed by atoms with van der Waals surface area (Å²) in [4.78, 5) is 18.2. The lowest BCUT2D eigenvalue weighted by Crippen LogP contribution is -2.30. The van der Waals surface area contributed by atoms with Crippen molar-refractivity contribution in [3.8, 4) is 0 Å². The Morgan fingerprint density at radius 3 is 2.85 bits per heavy atom. The molecule has 0 amide bonds. The van der Waals surface area contributed by atoms with Crippen LogP contribution in [0.3, 0.4) is 0 Å². The molecule has 0 unspecified atom stereocenters. The second kappa shape index (κ2) is 8.17. The number of hydrogen-bond acceptors (Lipinski definition) is 4. The van der Waals surface area contributed by atoms with Crippen molar-refractivity contribution >= 4 is 34.7 Å². The van der Waals surface area contributed by atoms with Crippen molar-refractivity contribution in [1.82, 2.24) is 9.55 Å². The molecule has 0 atom stereocenters. The number of rotatable bonds is 5. The zero-order valence-corrected chi connectivity index (χ0v) is 17.0. The average Bonchev–Trinajstić information content (AvgIpc) is 3.17. The van der Waals surface area contributed by atoms with Gasteiger partial charge >= 0.3 is 5.69 Å². The molecule has 0 bridgehead atoms. The number of fused-ring (bicyclic) bond motifs is 1. The molecule has 1 aliphatic carbocycles. The molecule has 2 aromatic heterocycles. The van der Waals surface area contributed by atoms with E-state index in [4.69, 9.17) is 11.6 Å². The Morgan fingerprint density at radius 2 is 2.07 bits per heavy atom. The van der Waals surface area contributed by atoms with Gasteiger partial charge in [-0.2, -0.15) is 4.98 Å². The summed E-state index contributed by atoms with van der Waals surface area (Å²) < 4.78 is 15.9. The number of benzene rings is 1. The van der Waals surface area contributed by atoms with Crippen molar-refractivity contribution in [1.29, 1.82) is 0 Å². The molecule has 3 aromatic rings. The van der Waals surface area contributed by atoms with Crippen molar-refractivity contribution in [3.63, 3.8) is 0 Å². The van der Waals surface area contributed by atoms with Crippen molar-refractivity contribution < 1.29 is 4.39 Å². The minimum Gasteiger partial charge on any atom is -0.291 e. The first-order chi connectivity index (χ1) is 13.1. The highest BCUT2D eigenvalue weighted by Crippen LogP contribution is 2.33. The van der Waals surface area contributed by atoms with Gasteiger partial charge in [0.15, 0.2) is 0 Å². The van der Waals surface area contributed by atoms with Gasteiger partial charge in [0.2, 0.25) is 0 Å². The van der Waals surface area contributed by atoms with Gasteiger partial charge in [-0.15, -0.1) is 23.1 Å². The first kappa shape index (κ1) is 18.7. The van der Waals surface area contributed by atoms with E-state index in [2.05, 4.69) is 4.98 Å². The van der Waals surface area contributed by atoms with Crippen LogP contribution in [0.5, 0.6) is 0 Å². The van der Waals surface area contributed by atoms with Crippen molar-refractivity contribution in [2.75, 3.05) is 0 Å². The zero-order chi connectivity index (χ0) is 18.8. The number of halogens is 2. The van der Waals surface area contributed by atoms with Gasteiger partial charge in [0.25, 0.3) is 0 Å². The van der Waals surface area contributed by atoms with E-state index >= 15 is 0 Å². The second-order valence-corrected chi connectivity index (χ2v) is 8.89. The summed E-state index contributed by atoms with van der Waals surface area (Å²) in [6.07, 6.45) is 3.94. The number of nitrogens with zero attached hydrogens (tertiary/aromatic N) is 2. The Kier molecular flexibility index (Phi) is 5.66. The smallest absolute Gasteiger partial charge is 0.291 e. The molecule has 0 saturated heterocycles. The van der Waals surface area contributed by atoms with Crippen LogP contribution in [0, 0.1) is 5.82 Å². The van der Waals surface area contributed by atoms with Crippen molar-refractivity contribution in [2.45, 2.75) is 43.0 Å². The number of aromatic nitrogens is 2. The summed E-state index contributed by atoms with van der Waals surface area (Å²) in [6, 6.07) is 8.71. The maximum absolute atomic E-state index is 14.1. The molecule has 140 valence electrons. The lowest BCUT2D eigenvalue weighted by atomic mass is 9.97. The summed E-state index contributed by atoms with van der Waals surface area (Å²) in [6.45, 7) is 0.565. The van der Waals surface area contributed by atoms with Gasteiger partial charge in [-0.05, 0) is 49.3 Å². The fraction of sp³-hybridized carbons (Fsp3) is 0.300. The molecule has 4 rings (SSSR count). The molecule has 7 heteroatoms. The summed E-state index contributed by atoms with van der Waals surface area (Å²) in [5.41, 5.74) is 2.44. The van der Waals surface area contributed by atoms with E-state index in [0.717, 1.165) is 46.8 Å². The predicted molar refractivity (Wildman–Crippen MR) is 110 cm³/mol. The summed E-state index contributed by atoms with van der Waals surface area (Å²) in [5, 5.41) is 3.14. The van der Waals surface area contributed by atoms with E-state index in [1.807, 2.05) is 17.5 Å². The normalized spacial score (nSPS) is 13.6. The lowest BCUT2D eigenvalue weighted by molar-refractivity contribution is 0.571. The van der Waals surface area contributed by atoms with Crippen molar-refractivity contribution in [2.24, 2.45) is 0 Å². The fourth-order valence-electron chi connectivity index (χ4n) is 3.40. The van der Waals surface area contributed by atoms with E-state index in [-0.39, 0.29) is 11.5 Å². The van der Waals surface area contributed by atoms with Crippen LogP contribution >= 0.6 is 34.7 Å². The molecule has 0 radical (unpaired) electrons. The molecule has 1 aliphatic rings. The Bertz CT molecular complexity index is 997. The molecular weight excluding hydrogens is 403 g/mol. The zero-order valence-electron chi connectivity index (χ0n) is 14.6.